The maximum Gasteiger partial charge on any atom is 0.161 e. The van der Waals surface area contributed by atoms with Crippen molar-refractivity contribution in [1.82, 2.24) is 0 Å². The molecule has 0 aliphatic rings. The normalized spacial score (nSPS) is 10.3. The summed E-state index contributed by atoms with van der Waals surface area (Å²) in [6.07, 6.45) is 2.38. The smallest absolute Gasteiger partial charge is 0.161 e. The fourth-order valence-electron chi connectivity index (χ4n) is 2.44. The molecule has 0 saturated carbocycles. The molecule has 0 atom stereocenters. The Morgan fingerprint density at radius 3 is 2.73 bits per heavy atom. The molecular formula is C19H23NO2. The maximum atomic E-state index is 10.1. The zero-order valence-electron chi connectivity index (χ0n) is 13.4. The summed E-state index contributed by atoms with van der Waals surface area (Å²) < 4.78 is 5.26. The van der Waals surface area contributed by atoms with Gasteiger partial charge in [-0.05, 0) is 55.2 Å². The highest BCUT2D eigenvalue weighted by Crippen LogP contribution is 2.32. The number of nitrogens with one attached hydrogen (secondary N) is 1. The average Bonchev–Trinajstić information content (AvgIpc) is 2.51. The van der Waals surface area contributed by atoms with Crippen molar-refractivity contribution in [3.8, 4) is 11.5 Å². The van der Waals surface area contributed by atoms with Gasteiger partial charge in [-0.15, -0.1) is 6.58 Å². The monoisotopic (exact) mass is 297 g/mol. The van der Waals surface area contributed by atoms with Crippen LogP contribution in [0.25, 0.3) is 0 Å². The molecule has 0 bridgehead atoms. The van der Waals surface area contributed by atoms with Crippen LogP contribution in [0.15, 0.2) is 43.0 Å². The minimum Gasteiger partial charge on any atom is -0.504 e. The molecule has 0 aliphatic carbocycles. The third kappa shape index (κ3) is 3.42. The zero-order chi connectivity index (χ0) is 16.1. The van der Waals surface area contributed by atoms with E-state index >= 15 is 0 Å². The maximum absolute atomic E-state index is 10.1. The summed E-state index contributed by atoms with van der Waals surface area (Å²) in [5.74, 6) is 0.690. The number of phenolic OH excluding ortho intramolecular Hbond substituents is 1. The van der Waals surface area contributed by atoms with Crippen LogP contribution in [-0.2, 0) is 13.0 Å². The van der Waals surface area contributed by atoms with Crippen LogP contribution in [0.5, 0.6) is 11.5 Å². The Balaban J connectivity index is 2.24. The van der Waals surface area contributed by atoms with Gasteiger partial charge in [-0.3, -0.25) is 0 Å². The standard InChI is InChI=1S/C19H23NO2/c1-5-7-16-10-15(11-18(22-4)19(16)21)12-20-17-9-6-8-13(2)14(17)3/h5-6,8-11,20-21H,1,7,12H2,2-4H3. The van der Waals surface area contributed by atoms with Crippen LogP contribution >= 0.6 is 0 Å². The highest BCUT2D eigenvalue weighted by Gasteiger charge is 2.10. The Labute approximate surface area is 132 Å². The van der Waals surface area contributed by atoms with E-state index in [1.54, 1.807) is 13.2 Å². The Kier molecular flexibility index (Phi) is 5.10. The molecule has 0 aliphatic heterocycles. The first kappa shape index (κ1) is 16.0. The SMILES string of the molecule is C=CCc1cc(CNc2cccc(C)c2C)cc(OC)c1O. The van der Waals surface area contributed by atoms with Gasteiger partial charge in [-0.25, -0.2) is 0 Å². The number of phenols is 1. The van der Waals surface area contributed by atoms with Gasteiger partial charge in [0.2, 0.25) is 0 Å². The number of aromatic hydroxyl groups is 1. The minimum absolute atomic E-state index is 0.192. The number of ether oxygens (including phenoxy) is 1. The summed E-state index contributed by atoms with van der Waals surface area (Å²) in [5, 5.41) is 13.6. The van der Waals surface area contributed by atoms with Crippen molar-refractivity contribution in [2.75, 3.05) is 12.4 Å². The summed E-state index contributed by atoms with van der Waals surface area (Å²) in [5.41, 5.74) is 5.53. The molecule has 0 unspecified atom stereocenters. The van der Waals surface area contributed by atoms with Gasteiger partial charge >= 0.3 is 0 Å². The van der Waals surface area contributed by atoms with Gasteiger partial charge in [0, 0.05) is 17.8 Å². The molecule has 0 fully saturated rings. The van der Waals surface area contributed by atoms with E-state index in [1.807, 2.05) is 18.2 Å². The Morgan fingerprint density at radius 1 is 1.27 bits per heavy atom. The van der Waals surface area contributed by atoms with Gasteiger partial charge in [-0.1, -0.05) is 18.2 Å². The molecular weight excluding hydrogens is 274 g/mol. The van der Waals surface area contributed by atoms with E-state index in [1.165, 1.54) is 11.1 Å². The van der Waals surface area contributed by atoms with Gasteiger partial charge < -0.3 is 15.2 Å². The van der Waals surface area contributed by atoms with Crippen molar-refractivity contribution in [2.24, 2.45) is 0 Å². The van der Waals surface area contributed by atoms with E-state index in [0.717, 1.165) is 16.8 Å². The molecule has 3 nitrogen and oxygen atoms in total. The van der Waals surface area contributed by atoms with Crippen LogP contribution in [-0.4, -0.2) is 12.2 Å². The quantitative estimate of drug-likeness (QED) is 0.778. The molecule has 22 heavy (non-hydrogen) atoms. The highest BCUT2D eigenvalue weighted by molar-refractivity contribution is 5.55. The first-order chi connectivity index (χ1) is 10.6. The molecule has 2 rings (SSSR count). The predicted octanol–water partition coefficient (Wildman–Crippen LogP) is 4.36. The molecule has 0 amide bonds. The first-order valence-electron chi connectivity index (χ1n) is 7.36. The molecule has 116 valence electrons. The minimum atomic E-state index is 0.192. The number of benzene rings is 2. The summed E-state index contributed by atoms with van der Waals surface area (Å²) in [6, 6.07) is 10.1. The van der Waals surface area contributed by atoms with E-state index < -0.39 is 0 Å². The number of allylic oxidation sites excluding steroid dienone is 1. The third-order valence-corrected chi connectivity index (χ3v) is 3.89. The lowest BCUT2D eigenvalue weighted by Crippen LogP contribution is -2.03. The predicted molar refractivity (Wildman–Crippen MR) is 91.8 cm³/mol. The number of methoxy groups -OCH3 is 1. The van der Waals surface area contributed by atoms with Crippen LogP contribution in [0.3, 0.4) is 0 Å². The molecule has 0 spiro atoms. The topological polar surface area (TPSA) is 41.5 Å². The molecule has 2 N–H and O–H groups in total. The van der Waals surface area contributed by atoms with Gasteiger partial charge in [0.1, 0.15) is 0 Å². The van der Waals surface area contributed by atoms with Crippen LogP contribution in [0.4, 0.5) is 5.69 Å². The van der Waals surface area contributed by atoms with Crippen LogP contribution in [0.1, 0.15) is 22.3 Å². The third-order valence-electron chi connectivity index (χ3n) is 3.89. The van der Waals surface area contributed by atoms with Gasteiger partial charge in [0.15, 0.2) is 11.5 Å². The molecule has 2 aromatic carbocycles. The van der Waals surface area contributed by atoms with Crippen molar-refractivity contribution in [3.05, 3.63) is 65.2 Å². The molecule has 0 saturated heterocycles. The van der Waals surface area contributed by atoms with Crippen molar-refractivity contribution in [3.63, 3.8) is 0 Å². The van der Waals surface area contributed by atoms with Crippen molar-refractivity contribution in [2.45, 2.75) is 26.8 Å². The van der Waals surface area contributed by atoms with E-state index in [9.17, 15) is 5.11 Å². The van der Waals surface area contributed by atoms with E-state index in [-0.39, 0.29) is 5.75 Å². The molecule has 0 aromatic heterocycles. The summed E-state index contributed by atoms with van der Waals surface area (Å²) in [4.78, 5) is 0. The zero-order valence-corrected chi connectivity index (χ0v) is 13.4. The Bertz CT molecular complexity index is 677. The van der Waals surface area contributed by atoms with Crippen molar-refractivity contribution in [1.29, 1.82) is 0 Å². The molecule has 0 heterocycles. The van der Waals surface area contributed by atoms with Crippen molar-refractivity contribution < 1.29 is 9.84 Å². The number of anilines is 1. The first-order valence-corrected chi connectivity index (χ1v) is 7.36. The lowest BCUT2D eigenvalue weighted by molar-refractivity contribution is 0.370. The second-order valence-corrected chi connectivity index (χ2v) is 5.40. The van der Waals surface area contributed by atoms with Crippen LogP contribution < -0.4 is 10.1 Å². The van der Waals surface area contributed by atoms with Gasteiger partial charge in [-0.2, -0.15) is 0 Å². The lowest BCUT2D eigenvalue weighted by Gasteiger charge is -2.14. The summed E-state index contributed by atoms with van der Waals surface area (Å²) >= 11 is 0. The number of rotatable bonds is 6. The van der Waals surface area contributed by atoms with E-state index in [2.05, 4.69) is 37.9 Å². The lowest BCUT2D eigenvalue weighted by atomic mass is 10.0. The summed E-state index contributed by atoms with van der Waals surface area (Å²) in [6.45, 7) is 8.61. The largest absolute Gasteiger partial charge is 0.504 e. The molecule has 2 aromatic rings. The Hall–Kier alpha value is -2.42. The second-order valence-electron chi connectivity index (χ2n) is 5.40. The van der Waals surface area contributed by atoms with E-state index in [0.29, 0.717) is 18.7 Å². The fraction of sp³-hybridized carbons (Fsp3) is 0.263. The number of hydrogen-bond donors (Lipinski definition) is 2. The van der Waals surface area contributed by atoms with Crippen LogP contribution in [0, 0.1) is 13.8 Å². The van der Waals surface area contributed by atoms with E-state index in [4.69, 9.17) is 4.74 Å². The summed E-state index contributed by atoms with van der Waals surface area (Å²) in [7, 11) is 1.56. The van der Waals surface area contributed by atoms with Gasteiger partial charge in [0.05, 0.1) is 7.11 Å². The highest BCUT2D eigenvalue weighted by atomic mass is 16.5. The van der Waals surface area contributed by atoms with Crippen LogP contribution in [0.2, 0.25) is 0 Å². The van der Waals surface area contributed by atoms with Gasteiger partial charge in [0.25, 0.3) is 0 Å². The molecule has 3 heteroatoms. The molecule has 0 radical (unpaired) electrons. The number of aryl methyl sites for hydroxylation is 1. The average molecular weight is 297 g/mol. The number of hydrogen-bond acceptors (Lipinski definition) is 3. The second kappa shape index (κ2) is 7.03. The Morgan fingerprint density at radius 2 is 2.05 bits per heavy atom. The fourth-order valence-corrected chi connectivity index (χ4v) is 2.44. The van der Waals surface area contributed by atoms with Crippen molar-refractivity contribution >= 4 is 5.69 Å².